The van der Waals surface area contributed by atoms with Gasteiger partial charge in [-0.3, -0.25) is 0 Å². The lowest BCUT2D eigenvalue weighted by Crippen LogP contribution is -2.08. The zero-order chi connectivity index (χ0) is 30.7. The van der Waals surface area contributed by atoms with Crippen LogP contribution in [0.25, 0.3) is 0 Å². The molecule has 0 aliphatic heterocycles. The van der Waals surface area contributed by atoms with E-state index in [0.717, 1.165) is 22.3 Å². The standard InChI is InChI=1S/C36H38F2O4/c1-27(11-7-13-29(3)35(39)41-25-23-31-15-19-33(37)20-16-31)9-5-6-10-28(2)12-8-14-30(4)36(40)42-26-24-32-17-21-34(38)22-18-32/h5-22H,23-26H2,1-4H3/b6-5+,11-7+,12-8+,27-9+,28-10+,29-13+,30-14+. The minimum Gasteiger partial charge on any atom is -0.462 e. The topological polar surface area (TPSA) is 52.6 Å². The number of carbonyl (C=O) groups is 2. The van der Waals surface area contributed by atoms with Gasteiger partial charge >= 0.3 is 11.9 Å². The second kappa shape index (κ2) is 18.7. The molecule has 0 bridgehead atoms. The van der Waals surface area contributed by atoms with Crippen LogP contribution >= 0.6 is 0 Å². The second-order valence-corrected chi connectivity index (χ2v) is 9.65. The van der Waals surface area contributed by atoms with Crippen molar-refractivity contribution in [1.82, 2.24) is 0 Å². The molecule has 0 radical (unpaired) electrons. The molecule has 0 saturated heterocycles. The van der Waals surface area contributed by atoms with Gasteiger partial charge < -0.3 is 9.47 Å². The number of hydrogen-bond donors (Lipinski definition) is 0. The molecule has 0 fully saturated rings. The fourth-order valence-corrected chi connectivity index (χ4v) is 3.40. The van der Waals surface area contributed by atoms with Crippen molar-refractivity contribution >= 4 is 11.9 Å². The van der Waals surface area contributed by atoms with Gasteiger partial charge in [0.2, 0.25) is 0 Å². The van der Waals surface area contributed by atoms with Gasteiger partial charge in [-0.25, -0.2) is 18.4 Å². The summed E-state index contributed by atoms with van der Waals surface area (Å²) in [4.78, 5) is 24.2. The maximum absolute atomic E-state index is 13.0. The summed E-state index contributed by atoms with van der Waals surface area (Å²) in [5.74, 6) is -1.36. The fraction of sp³-hybridized carbons (Fsp3) is 0.222. The van der Waals surface area contributed by atoms with Gasteiger partial charge in [-0.2, -0.15) is 0 Å². The summed E-state index contributed by atoms with van der Waals surface area (Å²) in [5, 5.41) is 0. The van der Waals surface area contributed by atoms with Crippen LogP contribution in [0.5, 0.6) is 0 Å². The molecule has 0 unspecified atom stereocenters. The first-order chi connectivity index (χ1) is 20.1. The molecule has 42 heavy (non-hydrogen) atoms. The van der Waals surface area contributed by atoms with E-state index in [1.165, 1.54) is 24.3 Å². The predicted molar refractivity (Wildman–Crippen MR) is 165 cm³/mol. The highest BCUT2D eigenvalue weighted by atomic mass is 19.1. The van der Waals surface area contributed by atoms with Crippen LogP contribution in [0.1, 0.15) is 38.8 Å². The number of allylic oxidation sites excluding steroid dienone is 12. The molecule has 0 spiro atoms. The lowest BCUT2D eigenvalue weighted by atomic mass is 10.1. The Balaban J connectivity index is 1.72. The van der Waals surface area contributed by atoms with Crippen molar-refractivity contribution in [2.24, 2.45) is 0 Å². The molecular weight excluding hydrogens is 534 g/mol. The Kier molecular flexibility index (Phi) is 15.0. The smallest absolute Gasteiger partial charge is 0.333 e. The first kappa shape index (κ1) is 33.6. The van der Waals surface area contributed by atoms with E-state index < -0.39 is 0 Å². The van der Waals surface area contributed by atoms with Crippen LogP contribution < -0.4 is 0 Å². The van der Waals surface area contributed by atoms with Crippen LogP contribution in [0.15, 0.2) is 132 Å². The molecule has 6 heteroatoms. The van der Waals surface area contributed by atoms with Gasteiger partial charge in [0.1, 0.15) is 11.6 Å². The molecule has 220 valence electrons. The maximum atomic E-state index is 13.0. The lowest BCUT2D eigenvalue weighted by molar-refractivity contribution is -0.139. The Morgan fingerprint density at radius 2 is 0.929 bits per heavy atom. The minimum atomic E-state index is -0.388. The Bertz CT molecular complexity index is 1280. The fourth-order valence-electron chi connectivity index (χ4n) is 3.40. The zero-order valence-corrected chi connectivity index (χ0v) is 24.6. The van der Waals surface area contributed by atoms with Gasteiger partial charge in [-0.15, -0.1) is 0 Å². The van der Waals surface area contributed by atoms with Gasteiger partial charge in [0, 0.05) is 24.0 Å². The molecule has 0 amide bonds. The average Bonchev–Trinajstić information content (AvgIpc) is 2.97. The minimum absolute atomic E-state index is 0.230. The highest BCUT2D eigenvalue weighted by Crippen LogP contribution is 2.07. The van der Waals surface area contributed by atoms with Gasteiger partial charge in [0.25, 0.3) is 0 Å². The number of rotatable bonds is 14. The average molecular weight is 573 g/mol. The summed E-state index contributed by atoms with van der Waals surface area (Å²) in [7, 11) is 0. The first-order valence-corrected chi connectivity index (χ1v) is 13.7. The lowest BCUT2D eigenvalue weighted by Gasteiger charge is -2.05. The van der Waals surface area contributed by atoms with Gasteiger partial charge in [0.05, 0.1) is 13.2 Å². The Labute approximate surface area is 247 Å². The first-order valence-electron chi connectivity index (χ1n) is 13.7. The van der Waals surface area contributed by atoms with Crippen LogP contribution in [-0.4, -0.2) is 25.2 Å². The highest BCUT2D eigenvalue weighted by molar-refractivity contribution is 5.88. The third-order valence-electron chi connectivity index (χ3n) is 5.96. The maximum Gasteiger partial charge on any atom is 0.333 e. The summed E-state index contributed by atoms with van der Waals surface area (Å²) >= 11 is 0. The molecule has 2 aromatic carbocycles. The number of esters is 2. The molecule has 0 atom stereocenters. The van der Waals surface area contributed by atoms with Crippen LogP contribution in [0.3, 0.4) is 0 Å². The molecule has 4 nitrogen and oxygen atoms in total. The number of carbonyl (C=O) groups excluding carboxylic acids is 2. The van der Waals surface area contributed by atoms with E-state index in [4.69, 9.17) is 9.47 Å². The Morgan fingerprint density at radius 3 is 1.29 bits per heavy atom. The monoisotopic (exact) mass is 572 g/mol. The van der Waals surface area contributed by atoms with E-state index >= 15 is 0 Å². The van der Waals surface area contributed by atoms with E-state index in [1.807, 2.05) is 50.3 Å². The molecule has 2 rings (SSSR count). The van der Waals surface area contributed by atoms with Crippen molar-refractivity contribution in [3.05, 3.63) is 154 Å². The van der Waals surface area contributed by atoms with Crippen molar-refractivity contribution < 1.29 is 27.8 Å². The van der Waals surface area contributed by atoms with Crippen LogP contribution in [0.2, 0.25) is 0 Å². The van der Waals surface area contributed by atoms with Crippen LogP contribution in [0, 0.1) is 11.6 Å². The summed E-state index contributed by atoms with van der Waals surface area (Å²) in [5.41, 5.74) is 4.78. The van der Waals surface area contributed by atoms with E-state index in [0.29, 0.717) is 24.0 Å². The predicted octanol–water partition coefficient (Wildman–Crippen LogP) is 8.29. The van der Waals surface area contributed by atoms with E-state index in [-0.39, 0.29) is 36.8 Å². The molecule has 0 heterocycles. The molecular formula is C36H38F2O4. The van der Waals surface area contributed by atoms with Crippen molar-refractivity contribution in [2.45, 2.75) is 40.5 Å². The largest absolute Gasteiger partial charge is 0.462 e. The third kappa shape index (κ3) is 14.2. The van der Waals surface area contributed by atoms with Crippen molar-refractivity contribution in [1.29, 1.82) is 0 Å². The Hall–Kier alpha value is -4.58. The molecule has 2 aromatic rings. The third-order valence-corrected chi connectivity index (χ3v) is 5.96. The molecule has 0 N–H and O–H groups in total. The van der Waals surface area contributed by atoms with Crippen LogP contribution in [0.4, 0.5) is 8.78 Å². The van der Waals surface area contributed by atoms with E-state index in [2.05, 4.69) is 0 Å². The van der Waals surface area contributed by atoms with Gasteiger partial charge in [0.15, 0.2) is 0 Å². The van der Waals surface area contributed by atoms with Crippen molar-refractivity contribution in [3.63, 3.8) is 0 Å². The second-order valence-electron chi connectivity index (χ2n) is 9.65. The normalized spacial score (nSPS) is 13.4. The summed E-state index contributed by atoms with van der Waals surface area (Å²) in [6, 6.07) is 12.2. The zero-order valence-electron chi connectivity index (χ0n) is 24.6. The number of hydrogen-bond acceptors (Lipinski definition) is 4. The summed E-state index contributed by atoms with van der Waals surface area (Å²) < 4.78 is 36.5. The SMILES string of the molecule is CC(/C=C/C=C(\C)C(=O)OCCc1ccc(F)cc1)=C\C=C\C=C(C)\C=C\C=C(/C)C(=O)OCCc1ccc(F)cc1. The highest BCUT2D eigenvalue weighted by Gasteiger charge is 2.06. The Morgan fingerprint density at radius 1 is 0.571 bits per heavy atom. The molecule has 0 aliphatic rings. The summed E-state index contributed by atoms with van der Waals surface area (Å²) in [6.45, 7) is 7.75. The number of halogens is 2. The molecule has 0 aliphatic carbocycles. The number of benzene rings is 2. The summed E-state index contributed by atoms with van der Waals surface area (Å²) in [6.07, 6.45) is 19.5. The van der Waals surface area contributed by atoms with Gasteiger partial charge in [-0.05, 0) is 63.1 Å². The van der Waals surface area contributed by atoms with E-state index in [1.54, 1.807) is 62.4 Å². The molecule has 0 saturated carbocycles. The van der Waals surface area contributed by atoms with Gasteiger partial charge in [-0.1, -0.05) is 96.2 Å². The number of ether oxygens (including phenoxy) is 2. The van der Waals surface area contributed by atoms with Crippen molar-refractivity contribution in [2.75, 3.05) is 13.2 Å². The van der Waals surface area contributed by atoms with Crippen LogP contribution in [-0.2, 0) is 31.9 Å². The van der Waals surface area contributed by atoms with Crippen molar-refractivity contribution in [3.8, 4) is 0 Å². The molecule has 0 aromatic heterocycles. The van der Waals surface area contributed by atoms with E-state index in [9.17, 15) is 18.4 Å². The quantitative estimate of drug-likeness (QED) is 0.130.